The maximum absolute atomic E-state index is 13.4. The number of imidazole rings is 1. The van der Waals surface area contributed by atoms with Crippen molar-refractivity contribution in [2.24, 2.45) is 5.92 Å². The highest BCUT2D eigenvalue weighted by Gasteiger charge is 2.22. The number of carbonyl (C=O) groups excluding carboxylic acids is 1. The Balaban J connectivity index is 1.54. The van der Waals surface area contributed by atoms with Gasteiger partial charge in [0.25, 0.3) is 12.3 Å². The molecule has 9 nitrogen and oxygen atoms in total. The van der Waals surface area contributed by atoms with Crippen molar-refractivity contribution in [1.82, 2.24) is 29.7 Å². The van der Waals surface area contributed by atoms with Gasteiger partial charge in [0.1, 0.15) is 23.6 Å². The highest BCUT2D eigenvalue weighted by Crippen LogP contribution is 2.35. The summed E-state index contributed by atoms with van der Waals surface area (Å²) in [5, 5.41) is 11.4. The molecule has 0 radical (unpaired) electrons. The molecule has 1 amide bonds. The first kappa shape index (κ1) is 22.5. The smallest absolute Gasteiger partial charge is 0.280 e. The zero-order valence-corrected chi connectivity index (χ0v) is 19.1. The summed E-state index contributed by atoms with van der Waals surface area (Å²) >= 11 is 1.15. The molecule has 1 fully saturated rings. The predicted octanol–water partition coefficient (Wildman–Crippen LogP) is 4.14. The molecule has 0 atom stereocenters. The number of hydrogen-bond acceptors (Lipinski definition) is 8. The number of ether oxygens (including phenoxy) is 1. The van der Waals surface area contributed by atoms with Crippen molar-refractivity contribution in [2.75, 3.05) is 12.4 Å². The van der Waals surface area contributed by atoms with Gasteiger partial charge in [-0.3, -0.25) is 19.7 Å². The van der Waals surface area contributed by atoms with E-state index < -0.39 is 18.0 Å². The lowest BCUT2D eigenvalue weighted by atomic mass is 10.00. The number of carbonyl (C=O) groups is 1. The molecule has 1 aliphatic carbocycles. The molecule has 5 rings (SSSR count). The van der Waals surface area contributed by atoms with Crippen molar-refractivity contribution in [3.8, 4) is 34.5 Å². The molecule has 0 bridgehead atoms. The minimum atomic E-state index is -2.80. The van der Waals surface area contributed by atoms with Gasteiger partial charge >= 0.3 is 0 Å². The number of alkyl halides is 2. The molecular formula is C23H17F2N7O2S. The van der Waals surface area contributed by atoms with E-state index in [0.29, 0.717) is 22.3 Å². The van der Waals surface area contributed by atoms with Crippen LogP contribution < -0.4 is 10.1 Å². The largest absolute Gasteiger partial charge is 0.494 e. The van der Waals surface area contributed by atoms with Crippen LogP contribution in [0.4, 0.5) is 13.9 Å². The van der Waals surface area contributed by atoms with Gasteiger partial charge in [-0.2, -0.15) is 0 Å². The SMILES string of the molecule is COc1cnc(C(F)F)cc1-c1cc(-n2ccnc2)ncc1C(=O)Nc1nnc(C#CC2CC2)s1. The van der Waals surface area contributed by atoms with E-state index in [0.717, 1.165) is 24.2 Å². The van der Waals surface area contributed by atoms with Crippen LogP contribution in [0.5, 0.6) is 5.75 Å². The third-order valence-corrected chi connectivity index (χ3v) is 5.89. The summed E-state index contributed by atoms with van der Waals surface area (Å²) in [6.07, 6.45) is 6.71. The van der Waals surface area contributed by atoms with Gasteiger partial charge in [-0.05, 0) is 30.9 Å². The molecule has 0 unspecified atom stereocenters. The standard InChI is InChI=1S/C23H17F2N7O2S/c1-34-18-11-27-17(21(24)25)8-15(18)14-9-19(32-7-6-26-12-32)28-10-16(14)22(33)29-23-31-30-20(35-23)5-4-13-2-3-13/h6-13,21H,2-3H2,1H3,(H,29,31,33). The summed E-state index contributed by atoms with van der Waals surface area (Å²) in [6, 6.07) is 2.79. The lowest BCUT2D eigenvalue weighted by Crippen LogP contribution is -2.14. The fraction of sp³-hybridized carbons (Fsp3) is 0.217. The normalized spacial score (nSPS) is 12.8. The molecule has 0 spiro atoms. The number of amides is 1. The van der Waals surface area contributed by atoms with Crippen LogP contribution >= 0.6 is 11.3 Å². The monoisotopic (exact) mass is 493 g/mol. The van der Waals surface area contributed by atoms with E-state index in [9.17, 15) is 13.6 Å². The van der Waals surface area contributed by atoms with Crippen molar-refractivity contribution in [2.45, 2.75) is 19.3 Å². The molecule has 176 valence electrons. The number of nitrogens with one attached hydrogen (secondary N) is 1. The van der Waals surface area contributed by atoms with Gasteiger partial charge in [-0.25, -0.2) is 18.7 Å². The number of nitrogens with zero attached hydrogens (tertiary/aromatic N) is 6. The van der Waals surface area contributed by atoms with E-state index >= 15 is 0 Å². The van der Waals surface area contributed by atoms with E-state index in [2.05, 4.69) is 42.3 Å². The van der Waals surface area contributed by atoms with E-state index in [-0.39, 0.29) is 22.0 Å². The van der Waals surface area contributed by atoms with Crippen LogP contribution in [0, 0.1) is 17.8 Å². The van der Waals surface area contributed by atoms with Crippen LogP contribution in [0.3, 0.4) is 0 Å². The molecule has 1 aliphatic rings. The Morgan fingerprint density at radius 1 is 1.23 bits per heavy atom. The summed E-state index contributed by atoms with van der Waals surface area (Å²) < 4.78 is 33.9. The Morgan fingerprint density at radius 2 is 2.09 bits per heavy atom. The minimum absolute atomic E-state index is 0.124. The number of pyridine rings is 2. The highest BCUT2D eigenvalue weighted by atomic mass is 32.1. The van der Waals surface area contributed by atoms with Gasteiger partial charge in [0.05, 0.1) is 18.9 Å². The second-order valence-electron chi connectivity index (χ2n) is 7.58. The van der Waals surface area contributed by atoms with Crippen LogP contribution in [0.2, 0.25) is 0 Å². The van der Waals surface area contributed by atoms with Crippen molar-refractivity contribution in [3.05, 3.63) is 59.5 Å². The van der Waals surface area contributed by atoms with Crippen LogP contribution in [0.25, 0.3) is 16.9 Å². The summed E-state index contributed by atoms with van der Waals surface area (Å²) in [5.74, 6) is 6.58. The number of aromatic nitrogens is 6. The Kier molecular flexibility index (Phi) is 6.15. The number of halogens is 2. The molecule has 12 heteroatoms. The van der Waals surface area contributed by atoms with Gasteiger partial charge in [-0.15, -0.1) is 10.2 Å². The maximum Gasteiger partial charge on any atom is 0.280 e. The molecule has 4 aromatic rings. The van der Waals surface area contributed by atoms with Crippen LogP contribution in [0.1, 0.15) is 40.3 Å². The molecule has 0 aliphatic heterocycles. The van der Waals surface area contributed by atoms with Crippen molar-refractivity contribution < 1.29 is 18.3 Å². The van der Waals surface area contributed by atoms with E-state index in [1.165, 1.54) is 31.9 Å². The lowest BCUT2D eigenvalue weighted by molar-refractivity contribution is 0.102. The first-order chi connectivity index (χ1) is 17.0. The van der Waals surface area contributed by atoms with Crippen molar-refractivity contribution in [1.29, 1.82) is 0 Å². The second kappa shape index (κ2) is 9.55. The molecule has 4 heterocycles. The van der Waals surface area contributed by atoms with Crippen molar-refractivity contribution >= 4 is 22.4 Å². The summed E-state index contributed by atoms with van der Waals surface area (Å²) in [7, 11) is 1.39. The Bertz CT molecular complexity index is 1440. The van der Waals surface area contributed by atoms with Crippen LogP contribution in [0.15, 0.2) is 43.2 Å². The highest BCUT2D eigenvalue weighted by molar-refractivity contribution is 7.15. The number of methoxy groups -OCH3 is 1. The van der Waals surface area contributed by atoms with Gasteiger partial charge in [-0.1, -0.05) is 17.3 Å². The molecule has 35 heavy (non-hydrogen) atoms. The second-order valence-corrected chi connectivity index (χ2v) is 8.56. The summed E-state index contributed by atoms with van der Waals surface area (Å²) in [4.78, 5) is 25.3. The van der Waals surface area contributed by atoms with Crippen LogP contribution in [-0.4, -0.2) is 42.7 Å². The fourth-order valence-corrected chi connectivity index (χ4v) is 3.82. The zero-order valence-electron chi connectivity index (χ0n) is 18.3. The molecule has 1 saturated carbocycles. The van der Waals surface area contributed by atoms with Gasteiger partial charge < -0.3 is 4.74 Å². The third kappa shape index (κ3) is 4.99. The van der Waals surface area contributed by atoms with E-state index in [4.69, 9.17) is 4.74 Å². The zero-order chi connectivity index (χ0) is 24.4. The number of anilines is 1. The molecule has 0 saturated heterocycles. The third-order valence-electron chi connectivity index (χ3n) is 5.13. The maximum atomic E-state index is 13.4. The summed E-state index contributed by atoms with van der Waals surface area (Å²) in [5.41, 5.74) is 0.260. The topological polar surface area (TPSA) is 108 Å². The number of rotatable bonds is 6. The lowest BCUT2D eigenvalue weighted by Gasteiger charge is -2.15. The molecule has 0 aromatic carbocycles. The van der Waals surface area contributed by atoms with Gasteiger partial charge in [0, 0.05) is 35.6 Å². The molecule has 1 N–H and O–H groups in total. The molecular weight excluding hydrogens is 476 g/mol. The fourth-order valence-electron chi connectivity index (χ4n) is 3.22. The quantitative estimate of drug-likeness (QED) is 0.402. The first-order valence-electron chi connectivity index (χ1n) is 10.5. The molecule has 4 aromatic heterocycles. The average Bonchev–Trinajstić information content (AvgIpc) is 3.33. The Hall–Kier alpha value is -4.24. The Morgan fingerprint density at radius 3 is 2.80 bits per heavy atom. The predicted molar refractivity (Wildman–Crippen MR) is 124 cm³/mol. The van der Waals surface area contributed by atoms with Gasteiger partial charge in [0.15, 0.2) is 5.01 Å². The van der Waals surface area contributed by atoms with E-state index in [1.54, 1.807) is 23.0 Å². The number of hydrogen-bond donors (Lipinski definition) is 1. The first-order valence-corrected chi connectivity index (χ1v) is 11.3. The van der Waals surface area contributed by atoms with E-state index in [1.807, 2.05) is 0 Å². The minimum Gasteiger partial charge on any atom is -0.494 e. The van der Waals surface area contributed by atoms with Crippen LogP contribution in [-0.2, 0) is 0 Å². The summed E-state index contributed by atoms with van der Waals surface area (Å²) in [6.45, 7) is 0. The Labute approximate surface area is 202 Å². The van der Waals surface area contributed by atoms with Gasteiger partial charge in [0.2, 0.25) is 5.13 Å². The van der Waals surface area contributed by atoms with Crippen molar-refractivity contribution in [3.63, 3.8) is 0 Å². The average molecular weight is 493 g/mol.